The molecule has 0 heterocycles. The molecule has 2 rings (SSSR count). The van der Waals surface area contributed by atoms with E-state index in [1.807, 2.05) is 38.1 Å². The highest BCUT2D eigenvalue weighted by Gasteiger charge is 2.32. The second-order valence-corrected chi connectivity index (χ2v) is 9.20. The molecule has 35 heavy (non-hydrogen) atoms. The lowest BCUT2D eigenvalue weighted by Crippen LogP contribution is -2.47. The van der Waals surface area contributed by atoms with E-state index in [0.717, 1.165) is 16.7 Å². The van der Waals surface area contributed by atoms with Crippen LogP contribution in [-0.4, -0.2) is 53.2 Å². The van der Waals surface area contributed by atoms with Gasteiger partial charge in [-0.3, -0.25) is 9.59 Å². The Labute approximate surface area is 207 Å². The van der Waals surface area contributed by atoms with Crippen LogP contribution in [0.4, 0.5) is 10.5 Å². The average Bonchev–Trinajstić information content (AvgIpc) is 2.78. The molecule has 0 spiro atoms. The van der Waals surface area contributed by atoms with Crippen molar-refractivity contribution in [3.8, 4) is 0 Å². The molecule has 0 aliphatic rings. The summed E-state index contributed by atoms with van der Waals surface area (Å²) in [5, 5.41) is 15.1. The van der Waals surface area contributed by atoms with Gasteiger partial charge in [-0.15, -0.1) is 0 Å². The van der Waals surface area contributed by atoms with Crippen molar-refractivity contribution < 1.29 is 24.2 Å². The molecule has 0 aliphatic carbocycles. The fraction of sp³-hybridized carbons (Fsp3) is 0.370. The van der Waals surface area contributed by atoms with Crippen molar-refractivity contribution in [2.24, 2.45) is 0 Å². The number of benzene rings is 2. The number of para-hydroxylation sites is 1. The maximum absolute atomic E-state index is 13.6. The molecule has 1 atom stereocenters. The van der Waals surface area contributed by atoms with E-state index in [2.05, 4.69) is 17.2 Å². The van der Waals surface area contributed by atoms with Crippen molar-refractivity contribution in [3.05, 3.63) is 71.3 Å². The van der Waals surface area contributed by atoms with E-state index in [1.54, 1.807) is 45.0 Å². The van der Waals surface area contributed by atoms with Gasteiger partial charge in [0.25, 0.3) is 5.91 Å². The Morgan fingerprint density at radius 1 is 1.11 bits per heavy atom. The average molecular weight is 482 g/mol. The Balaban J connectivity index is 2.41. The van der Waals surface area contributed by atoms with E-state index in [1.165, 1.54) is 4.90 Å². The number of alkyl carbamates (subject to hydrolysis) is 1. The third-order valence-corrected chi connectivity index (χ3v) is 5.20. The standard InChI is InChI=1S/C27H35N3O5/c1-7-20-12-9-13-21(16-20)24(25(33)29-23-18(2)10-8-11-19(23)3)30(14-15-31)22(32)17-28-26(34)35-27(4,5)6/h7-13,16,24,31H,1,14-15,17H2,2-6H3,(H,28,34)(H,29,33). The van der Waals surface area contributed by atoms with Crippen molar-refractivity contribution in [2.75, 3.05) is 25.0 Å². The fourth-order valence-electron chi connectivity index (χ4n) is 3.60. The molecule has 3 amide bonds. The van der Waals surface area contributed by atoms with Crippen LogP contribution >= 0.6 is 0 Å². The zero-order chi connectivity index (χ0) is 26.2. The molecule has 0 aliphatic heterocycles. The summed E-state index contributed by atoms with van der Waals surface area (Å²) in [7, 11) is 0. The lowest BCUT2D eigenvalue weighted by molar-refractivity contribution is -0.138. The fourth-order valence-corrected chi connectivity index (χ4v) is 3.60. The quantitative estimate of drug-likeness (QED) is 0.502. The van der Waals surface area contributed by atoms with Crippen LogP contribution in [0.5, 0.6) is 0 Å². The summed E-state index contributed by atoms with van der Waals surface area (Å²) in [6.45, 7) is 11.8. The highest BCUT2D eigenvalue weighted by molar-refractivity contribution is 5.99. The maximum Gasteiger partial charge on any atom is 0.408 e. The number of aryl methyl sites for hydroxylation is 2. The molecule has 0 bridgehead atoms. The van der Waals surface area contributed by atoms with Crippen LogP contribution in [-0.2, 0) is 14.3 Å². The van der Waals surface area contributed by atoms with Crippen LogP contribution in [0.3, 0.4) is 0 Å². The summed E-state index contributed by atoms with van der Waals surface area (Å²) in [4.78, 5) is 40.2. The van der Waals surface area contributed by atoms with E-state index < -0.39 is 36.1 Å². The number of hydrogen-bond donors (Lipinski definition) is 3. The molecule has 0 saturated heterocycles. The molecule has 2 aromatic rings. The van der Waals surface area contributed by atoms with Gasteiger partial charge in [0.15, 0.2) is 0 Å². The van der Waals surface area contributed by atoms with E-state index in [-0.39, 0.29) is 13.2 Å². The van der Waals surface area contributed by atoms with E-state index in [9.17, 15) is 19.5 Å². The first-order valence-electron chi connectivity index (χ1n) is 11.4. The number of nitrogens with one attached hydrogen (secondary N) is 2. The monoisotopic (exact) mass is 481 g/mol. The van der Waals surface area contributed by atoms with Crippen LogP contribution in [0.25, 0.3) is 6.08 Å². The summed E-state index contributed by atoms with van der Waals surface area (Å²) in [6, 6.07) is 11.7. The smallest absolute Gasteiger partial charge is 0.408 e. The summed E-state index contributed by atoms with van der Waals surface area (Å²) >= 11 is 0. The second kappa shape index (κ2) is 12.2. The van der Waals surface area contributed by atoms with Crippen molar-refractivity contribution in [3.63, 3.8) is 0 Å². The Kier molecular flexibility index (Phi) is 9.59. The van der Waals surface area contributed by atoms with Crippen LogP contribution in [0.1, 0.15) is 49.1 Å². The highest BCUT2D eigenvalue weighted by atomic mass is 16.6. The second-order valence-electron chi connectivity index (χ2n) is 9.20. The lowest BCUT2D eigenvalue weighted by atomic mass is 10.0. The van der Waals surface area contributed by atoms with Gasteiger partial charge in [-0.05, 0) is 62.9 Å². The zero-order valence-electron chi connectivity index (χ0n) is 21.1. The van der Waals surface area contributed by atoms with E-state index >= 15 is 0 Å². The van der Waals surface area contributed by atoms with Crippen molar-refractivity contribution in [1.29, 1.82) is 0 Å². The molecule has 0 radical (unpaired) electrons. The SMILES string of the molecule is C=Cc1cccc(C(C(=O)Nc2c(C)cccc2C)N(CCO)C(=O)CNC(=O)OC(C)(C)C)c1. The zero-order valence-corrected chi connectivity index (χ0v) is 21.1. The summed E-state index contributed by atoms with van der Waals surface area (Å²) in [5.41, 5.74) is 3.01. The number of anilines is 1. The minimum atomic E-state index is -1.06. The van der Waals surface area contributed by atoms with Crippen LogP contribution < -0.4 is 10.6 Å². The Hall–Kier alpha value is -3.65. The third-order valence-electron chi connectivity index (χ3n) is 5.20. The molecule has 0 saturated carbocycles. The van der Waals surface area contributed by atoms with Crippen LogP contribution in [0, 0.1) is 13.8 Å². The number of aliphatic hydroxyl groups excluding tert-OH is 1. The first kappa shape index (κ1) is 27.6. The number of aliphatic hydroxyl groups is 1. The number of ether oxygens (including phenoxy) is 1. The van der Waals surface area contributed by atoms with Gasteiger partial charge < -0.3 is 25.4 Å². The molecule has 0 fully saturated rings. The van der Waals surface area contributed by atoms with Crippen molar-refractivity contribution >= 4 is 29.7 Å². The van der Waals surface area contributed by atoms with Gasteiger partial charge in [-0.25, -0.2) is 4.79 Å². The molecule has 188 valence electrons. The molecule has 8 nitrogen and oxygen atoms in total. The largest absolute Gasteiger partial charge is 0.444 e. The first-order valence-corrected chi connectivity index (χ1v) is 11.4. The summed E-state index contributed by atoms with van der Waals surface area (Å²) in [5.74, 6) is -0.988. The third kappa shape index (κ3) is 7.96. The maximum atomic E-state index is 13.6. The predicted octanol–water partition coefficient (Wildman–Crippen LogP) is 3.97. The molecule has 1 unspecified atom stereocenters. The summed E-state index contributed by atoms with van der Waals surface area (Å²) in [6.07, 6.45) is 0.895. The summed E-state index contributed by atoms with van der Waals surface area (Å²) < 4.78 is 5.20. The van der Waals surface area contributed by atoms with Gasteiger partial charge in [0.1, 0.15) is 18.2 Å². The van der Waals surface area contributed by atoms with Crippen LogP contribution in [0.15, 0.2) is 49.0 Å². The number of carbonyl (C=O) groups excluding carboxylic acids is 3. The van der Waals surface area contributed by atoms with Crippen molar-refractivity contribution in [2.45, 2.75) is 46.3 Å². The minimum Gasteiger partial charge on any atom is -0.444 e. The molecule has 3 N–H and O–H groups in total. The molecular weight excluding hydrogens is 446 g/mol. The highest BCUT2D eigenvalue weighted by Crippen LogP contribution is 2.27. The van der Waals surface area contributed by atoms with Gasteiger partial charge in [-0.2, -0.15) is 0 Å². The first-order chi connectivity index (χ1) is 16.5. The number of rotatable bonds is 9. The van der Waals surface area contributed by atoms with Gasteiger partial charge in [0, 0.05) is 12.2 Å². The van der Waals surface area contributed by atoms with Gasteiger partial charge in [-0.1, -0.05) is 49.1 Å². The van der Waals surface area contributed by atoms with E-state index in [4.69, 9.17) is 4.74 Å². The van der Waals surface area contributed by atoms with Gasteiger partial charge >= 0.3 is 6.09 Å². The topological polar surface area (TPSA) is 108 Å². The Morgan fingerprint density at radius 3 is 2.31 bits per heavy atom. The number of nitrogens with zero attached hydrogens (tertiary/aromatic N) is 1. The van der Waals surface area contributed by atoms with E-state index in [0.29, 0.717) is 11.3 Å². The van der Waals surface area contributed by atoms with Gasteiger partial charge in [0.05, 0.1) is 6.61 Å². The molecule has 8 heteroatoms. The van der Waals surface area contributed by atoms with Crippen LogP contribution in [0.2, 0.25) is 0 Å². The van der Waals surface area contributed by atoms with Gasteiger partial charge in [0.2, 0.25) is 5.91 Å². The normalized spacial score (nSPS) is 11.8. The molecule has 0 aromatic heterocycles. The Morgan fingerprint density at radius 2 is 1.74 bits per heavy atom. The predicted molar refractivity (Wildman–Crippen MR) is 137 cm³/mol. The molecular formula is C27H35N3O5. The lowest BCUT2D eigenvalue weighted by Gasteiger charge is -2.31. The Bertz CT molecular complexity index is 1050. The number of amides is 3. The van der Waals surface area contributed by atoms with Crippen molar-refractivity contribution in [1.82, 2.24) is 10.2 Å². The molecule has 2 aromatic carbocycles. The minimum absolute atomic E-state index is 0.113. The number of carbonyl (C=O) groups is 3. The number of hydrogen-bond acceptors (Lipinski definition) is 5.